The molecular formula is C16H21NO2. The predicted molar refractivity (Wildman–Crippen MR) is 78.6 cm³/mol. The van der Waals surface area contributed by atoms with Crippen molar-refractivity contribution in [1.29, 1.82) is 0 Å². The highest BCUT2D eigenvalue weighted by Gasteiger charge is 2.04. The second-order valence-corrected chi connectivity index (χ2v) is 4.48. The van der Waals surface area contributed by atoms with Crippen LogP contribution in [0.4, 0.5) is 0 Å². The van der Waals surface area contributed by atoms with Gasteiger partial charge in [-0.05, 0) is 18.0 Å². The highest BCUT2D eigenvalue weighted by molar-refractivity contribution is 5.88. The van der Waals surface area contributed by atoms with E-state index in [0.29, 0.717) is 13.2 Å². The maximum absolute atomic E-state index is 8.94. The quantitative estimate of drug-likeness (QED) is 0.829. The van der Waals surface area contributed by atoms with Crippen LogP contribution in [0.5, 0.6) is 5.75 Å². The summed E-state index contributed by atoms with van der Waals surface area (Å²) in [6.45, 7) is 5.40. The Balaban J connectivity index is 1.98. The lowest BCUT2D eigenvalue weighted by molar-refractivity contribution is 0.174. The number of benzene rings is 2. The molecule has 0 atom stereocenters. The van der Waals surface area contributed by atoms with Crippen LogP contribution < -0.4 is 4.74 Å². The van der Waals surface area contributed by atoms with Crippen LogP contribution in [-0.2, 0) is 0 Å². The highest BCUT2D eigenvalue weighted by Crippen LogP contribution is 2.24. The van der Waals surface area contributed by atoms with Crippen LogP contribution in [0.2, 0.25) is 0 Å². The number of hydrogen-bond donors (Lipinski definition) is 1. The SMILES string of the molecule is CCN(CCO)CCOc1cccc2ccccc12. The number of fused-ring (bicyclic) bond motifs is 1. The van der Waals surface area contributed by atoms with E-state index in [-0.39, 0.29) is 6.61 Å². The summed E-state index contributed by atoms with van der Waals surface area (Å²) in [7, 11) is 0. The molecule has 0 aliphatic carbocycles. The van der Waals surface area contributed by atoms with E-state index in [1.807, 2.05) is 24.3 Å². The molecule has 0 unspecified atom stereocenters. The summed E-state index contributed by atoms with van der Waals surface area (Å²) >= 11 is 0. The highest BCUT2D eigenvalue weighted by atomic mass is 16.5. The molecule has 0 amide bonds. The van der Waals surface area contributed by atoms with Gasteiger partial charge in [-0.1, -0.05) is 43.3 Å². The molecule has 0 fully saturated rings. The van der Waals surface area contributed by atoms with E-state index < -0.39 is 0 Å². The number of aliphatic hydroxyl groups excluding tert-OH is 1. The Morgan fingerprint density at radius 3 is 2.63 bits per heavy atom. The molecule has 0 saturated carbocycles. The normalized spacial score (nSPS) is 11.1. The van der Waals surface area contributed by atoms with Crippen LogP contribution in [0, 0.1) is 0 Å². The van der Waals surface area contributed by atoms with Crippen LogP contribution in [0.1, 0.15) is 6.92 Å². The molecule has 0 aliphatic heterocycles. The maximum atomic E-state index is 8.94. The summed E-state index contributed by atoms with van der Waals surface area (Å²) in [5.41, 5.74) is 0. The Hall–Kier alpha value is -1.58. The number of rotatable bonds is 7. The molecule has 3 nitrogen and oxygen atoms in total. The first-order chi connectivity index (χ1) is 9.35. The molecule has 2 aromatic rings. The zero-order chi connectivity index (χ0) is 13.5. The lowest BCUT2D eigenvalue weighted by Gasteiger charge is -2.19. The van der Waals surface area contributed by atoms with Gasteiger partial charge < -0.3 is 9.84 Å². The molecule has 0 heterocycles. The van der Waals surface area contributed by atoms with E-state index in [2.05, 4.69) is 30.0 Å². The minimum Gasteiger partial charge on any atom is -0.492 e. The van der Waals surface area contributed by atoms with Crippen molar-refractivity contribution in [3.05, 3.63) is 42.5 Å². The average Bonchev–Trinajstić information content (AvgIpc) is 2.46. The summed E-state index contributed by atoms with van der Waals surface area (Å²) < 4.78 is 5.87. The average molecular weight is 259 g/mol. The molecule has 2 rings (SSSR count). The Labute approximate surface area is 114 Å². The van der Waals surface area contributed by atoms with E-state index in [1.165, 1.54) is 5.39 Å². The van der Waals surface area contributed by atoms with Gasteiger partial charge in [-0.15, -0.1) is 0 Å². The van der Waals surface area contributed by atoms with Crippen molar-refractivity contribution in [2.24, 2.45) is 0 Å². The number of nitrogens with zero attached hydrogens (tertiary/aromatic N) is 1. The number of hydrogen-bond acceptors (Lipinski definition) is 3. The van der Waals surface area contributed by atoms with Gasteiger partial charge in [0.2, 0.25) is 0 Å². The molecule has 0 bridgehead atoms. The number of ether oxygens (including phenoxy) is 1. The summed E-state index contributed by atoms with van der Waals surface area (Å²) in [5, 5.41) is 11.3. The van der Waals surface area contributed by atoms with Crippen molar-refractivity contribution in [1.82, 2.24) is 4.90 Å². The van der Waals surface area contributed by atoms with Gasteiger partial charge in [-0.3, -0.25) is 4.90 Å². The van der Waals surface area contributed by atoms with Gasteiger partial charge in [0.15, 0.2) is 0 Å². The second-order valence-electron chi connectivity index (χ2n) is 4.48. The van der Waals surface area contributed by atoms with Crippen molar-refractivity contribution >= 4 is 10.8 Å². The molecule has 2 aromatic carbocycles. The predicted octanol–water partition coefficient (Wildman–Crippen LogP) is 2.53. The lowest BCUT2D eigenvalue weighted by Crippen LogP contribution is -2.30. The molecule has 0 spiro atoms. The molecule has 0 aliphatic rings. The number of likely N-dealkylation sites (N-methyl/N-ethyl adjacent to an activating group) is 1. The molecule has 0 aromatic heterocycles. The summed E-state index contributed by atoms with van der Waals surface area (Å²) in [6, 6.07) is 14.3. The van der Waals surface area contributed by atoms with Crippen LogP contribution in [-0.4, -0.2) is 42.9 Å². The molecule has 102 valence electrons. The summed E-state index contributed by atoms with van der Waals surface area (Å²) in [4.78, 5) is 2.17. The largest absolute Gasteiger partial charge is 0.492 e. The van der Waals surface area contributed by atoms with Gasteiger partial charge in [0, 0.05) is 18.5 Å². The molecule has 19 heavy (non-hydrogen) atoms. The first-order valence-electron chi connectivity index (χ1n) is 6.79. The lowest BCUT2D eigenvalue weighted by atomic mass is 10.1. The Bertz CT molecular complexity index is 508. The number of aliphatic hydroxyl groups is 1. The fourth-order valence-electron chi connectivity index (χ4n) is 2.18. The monoisotopic (exact) mass is 259 g/mol. The summed E-state index contributed by atoms with van der Waals surface area (Å²) in [6.07, 6.45) is 0. The van der Waals surface area contributed by atoms with E-state index >= 15 is 0 Å². The minimum absolute atomic E-state index is 0.197. The van der Waals surface area contributed by atoms with E-state index in [0.717, 1.165) is 24.2 Å². The third-order valence-electron chi connectivity index (χ3n) is 3.28. The van der Waals surface area contributed by atoms with Gasteiger partial charge in [-0.2, -0.15) is 0 Å². The standard InChI is InChI=1S/C16H21NO2/c1-2-17(10-12-18)11-13-19-16-9-5-7-14-6-3-4-8-15(14)16/h3-9,18H,2,10-13H2,1H3. The van der Waals surface area contributed by atoms with Crippen molar-refractivity contribution in [3.8, 4) is 5.75 Å². The van der Waals surface area contributed by atoms with Gasteiger partial charge in [0.25, 0.3) is 0 Å². The van der Waals surface area contributed by atoms with Crippen LogP contribution in [0.3, 0.4) is 0 Å². The minimum atomic E-state index is 0.197. The zero-order valence-corrected chi connectivity index (χ0v) is 11.4. The van der Waals surface area contributed by atoms with E-state index in [4.69, 9.17) is 9.84 Å². The van der Waals surface area contributed by atoms with Crippen molar-refractivity contribution < 1.29 is 9.84 Å². The first kappa shape index (κ1) is 13.8. The third-order valence-corrected chi connectivity index (χ3v) is 3.28. The van der Waals surface area contributed by atoms with Crippen molar-refractivity contribution in [2.45, 2.75) is 6.92 Å². The van der Waals surface area contributed by atoms with Gasteiger partial charge in [0.05, 0.1) is 6.61 Å². The molecular weight excluding hydrogens is 238 g/mol. The second kappa shape index (κ2) is 7.12. The van der Waals surface area contributed by atoms with Crippen LogP contribution in [0.15, 0.2) is 42.5 Å². The van der Waals surface area contributed by atoms with Gasteiger partial charge >= 0.3 is 0 Å². The van der Waals surface area contributed by atoms with E-state index in [1.54, 1.807) is 0 Å². The van der Waals surface area contributed by atoms with Crippen LogP contribution >= 0.6 is 0 Å². The topological polar surface area (TPSA) is 32.7 Å². The Morgan fingerprint density at radius 1 is 1.05 bits per heavy atom. The fraction of sp³-hybridized carbons (Fsp3) is 0.375. The Kier molecular flexibility index (Phi) is 5.19. The molecule has 1 N–H and O–H groups in total. The van der Waals surface area contributed by atoms with Crippen molar-refractivity contribution in [3.63, 3.8) is 0 Å². The molecule has 0 radical (unpaired) electrons. The van der Waals surface area contributed by atoms with Crippen molar-refractivity contribution in [2.75, 3.05) is 32.8 Å². The zero-order valence-electron chi connectivity index (χ0n) is 11.4. The molecule has 3 heteroatoms. The van der Waals surface area contributed by atoms with Gasteiger partial charge in [-0.25, -0.2) is 0 Å². The van der Waals surface area contributed by atoms with E-state index in [9.17, 15) is 0 Å². The third kappa shape index (κ3) is 3.69. The Morgan fingerprint density at radius 2 is 1.84 bits per heavy atom. The molecule has 0 saturated heterocycles. The smallest absolute Gasteiger partial charge is 0.127 e. The van der Waals surface area contributed by atoms with Crippen LogP contribution in [0.25, 0.3) is 10.8 Å². The van der Waals surface area contributed by atoms with Gasteiger partial charge in [0.1, 0.15) is 12.4 Å². The fourth-order valence-corrected chi connectivity index (χ4v) is 2.18. The first-order valence-corrected chi connectivity index (χ1v) is 6.79. The maximum Gasteiger partial charge on any atom is 0.127 e. The summed E-state index contributed by atoms with van der Waals surface area (Å²) in [5.74, 6) is 0.929.